The van der Waals surface area contributed by atoms with Crippen molar-refractivity contribution in [2.75, 3.05) is 5.32 Å². The number of nitrogens with one attached hydrogen (secondary N) is 1. The van der Waals surface area contributed by atoms with Gasteiger partial charge in [-0.1, -0.05) is 65.4 Å². The van der Waals surface area contributed by atoms with Gasteiger partial charge >= 0.3 is 0 Å². The van der Waals surface area contributed by atoms with Gasteiger partial charge in [0.1, 0.15) is 5.52 Å². The van der Waals surface area contributed by atoms with E-state index in [-0.39, 0.29) is 5.91 Å². The molecule has 0 unspecified atom stereocenters. The van der Waals surface area contributed by atoms with E-state index in [2.05, 4.69) is 10.3 Å². The molecule has 0 bridgehead atoms. The number of hydrogen-bond acceptors (Lipinski definition) is 3. The van der Waals surface area contributed by atoms with Gasteiger partial charge in [0, 0.05) is 5.56 Å². The van der Waals surface area contributed by atoms with E-state index in [9.17, 15) is 4.79 Å². The van der Waals surface area contributed by atoms with Crippen molar-refractivity contribution in [3.05, 3.63) is 71.2 Å². The molecule has 0 atom stereocenters. The summed E-state index contributed by atoms with van der Waals surface area (Å²) in [5.74, 6) is -0.169. The third kappa shape index (κ3) is 2.56. The highest BCUT2D eigenvalue weighted by molar-refractivity contribution is 7.22. The average Bonchev–Trinajstić information content (AvgIpc) is 2.98. The molecule has 0 aliphatic heterocycles. The molecular weight excluding hydrogens is 328 g/mol. The quantitative estimate of drug-likeness (QED) is 0.535. The molecule has 1 N–H and O–H groups in total. The molecule has 0 spiro atoms. The van der Waals surface area contributed by atoms with Crippen LogP contribution in [0.2, 0.25) is 5.02 Å². The number of halogens is 1. The second-order valence-corrected chi connectivity index (χ2v) is 6.52. The summed E-state index contributed by atoms with van der Waals surface area (Å²) in [6, 6.07) is 19.1. The van der Waals surface area contributed by atoms with Crippen molar-refractivity contribution < 1.29 is 4.79 Å². The third-order valence-electron chi connectivity index (χ3n) is 3.62. The van der Waals surface area contributed by atoms with Gasteiger partial charge in [-0.15, -0.1) is 0 Å². The lowest BCUT2D eigenvalue weighted by Crippen LogP contribution is -2.12. The number of amides is 1. The minimum atomic E-state index is -0.169. The standard InChI is InChI=1S/C18H11ClN2OS/c19-14-9-4-10-15-16(14)20-18(23-15)21-17(22)13-8-3-6-11-5-1-2-7-12(11)13/h1-10H,(H,20,21,22). The van der Waals surface area contributed by atoms with Gasteiger partial charge in [0.2, 0.25) is 0 Å². The number of carbonyl (C=O) groups excluding carboxylic acids is 1. The lowest BCUT2D eigenvalue weighted by Gasteiger charge is -2.05. The lowest BCUT2D eigenvalue weighted by atomic mass is 10.0. The summed E-state index contributed by atoms with van der Waals surface area (Å²) in [5, 5.41) is 5.97. The summed E-state index contributed by atoms with van der Waals surface area (Å²) >= 11 is 7.55. The van der Waals surface area contributed by atoms with Crippen LogP contribution in [0, 0.1) is 0 Å². The molecule has 0 fully saturated rings. The predicted molar refractivity (Wildman–Crippen MR) is 96.5 cm³/mol. The second-order valence-electron chi connectivity index (χ2n) is 5.09. The number of hydrogen-bond donors (Lipinski definition) is 1. The van der Waals surface area contributed by atoms with Gasteiger partial charge in [-0.3, -0.25) is 10.1 Å². The van der Waals surface area contributed by atoms with E-state index in [4.69, 9.17) is 11.6 Å². The van der Waals surface area contributed by atoms with Crippen LogP contribution in [0.1, 0.15) is 10.4 Å². The first-order valence-corrected chi connectivity index (χ1v) is 8.26. The van der Waals surface area contributed by atoms with E-state index in [1.54, 1.807) is 6.07 Å². The fraction of sp³-hybridized carbons (Fsp3) is 0. The molecule has 1 aromatic heterocycles. The van der Waals surface area contributed by atoms with Crippen LogP contribution in [-0.2, 0) is 0 Å². The number of aromatic nitrogens is 1. The molecule has 23 heavy (non-hydrogen) atoms. The Hall–Kier alpha value is -2.43. The van der Waals surface area contributed by atoms with E-state index < -0.39 is 0 Å². The zero-order valence-corrected chi connectivity index (χ0v) is 13.5. The van der Waals surface area contributed by atoms with Crippen LogP contribution in [0.25, 0.3) is 21.0 Å². The van der Waals surface area contributed by atoms with Crippen LogP contribution in [0.5, 0.6) is 0 Å². The van der Waals surface area contributed by atoms with E-state index in [1.807, 2.05) is 54.6 Å². The number of thiazole rings is 1. The van der Waals surface area contributed by atoms with Crippen LogP contribution in [0.4, 0.5) is 5.13 Å². The Morgan fingerprint density at radius 3 is 2.65 bits per heavy atom. The SMILES string of the molecule is O=C(Nc1nc2c(Cl)cccc2s1)c1cccc2ccccc12. The van der Waals surface area contributed by atoms with Gasteiger partial charge in [0.05, 0.1) is 9.72 Å². The van der Waals surface area contributed by atoms with Crippen molar-refractivity contribution in [1.29, 1.82) is 0 Å². The van der Waals surface area contributed by atoms with E-state index >= 15 is 0 Å². The third-order valence-corrected chi connectivity index (χ3v) is 4.87. The van der Waals surface area contributed by atoms with Crippen molar-refractivity contribution in [3.8, 4) is 0 Å². The summed E-state index contributed by atoms with van der Waals surface area (Å²) < 4.78 is 0.950. The van der Waals surface area contributed by atoms with Gasteiger partial charge in [-0.05, 0) is 29.0 Å². The Morgan fingerprint density at radius 2 is 1.78 bits per heavy atom. The van der Waals surface area contributed by atoms with Crippen molar-refractivity contribution in [1.82, 2.24) is 4.98 Å². The topological polar surface area (TPSA) is 42.0 Å². The van der Waals surface area contributed by atoms with Crippen LogP contribution in [0.15, 0.2) is 60.7 Å². The molecule has 0 radical (unpaired) electrons. The molecule has 1 heterocycles. The first kappa shape index (κ1) is 14.2. The van der Waals surface area contributed by atoms with E-state index in [1.165, 1.54) is 11.3 Å². The van der Waals surface area contributed by atoms with E-state index in [0.29, 0.717) is 21.2 Å². The van der Waals surface area contributed by atoms with Gasteiger partial charge < -0.3 is 0 Å². The van der Waals surface area contributed by atoms with Gasteiger partial charge in [-0.25, -0.2) is 4.98 Å². The number of carbonyl (C=O) groups is 1. The Bertz CT molecular complexity index is 1040. The molecule has 0 saturated carbocycles. The van der Waals surface area contributed by atoms with Crippen molar-refractivity contribution in [3.63, 3.8) is 0 Å². The number of fused-ring (bicyclic) bond motifs is 2. The monoisotopic (exact) mass is 338 g/mol. The zero-order valence-electron chi connectivity index (χ0n) is 11.9. The van der Waals surface area contributed by atoms with Gasteiger partial charge in [0.15, 0.2) is 5.13 Å². The first-order chi connectivity index (χ1) is 11.2. The van der Waals surface area contributed by atoms with Gasteiger partial charge in [-0.2, -0.15) is 0 Å². The Kier molecular flexibility index (Phi) is 3.48. The molecule has 1 amide bonds. The van der Waals surface area contributed by atoms with Crippen LogP contribution in [-0.4, -0.2) is 10.9 Å². The second kappa shape index (κ2) is 5.65. The molecule has 5 heteroatoms. The molecule has 0 saturated heterocycles. The summed E-state index contributed by atoms with van der Waals surface area (Å²) in [6.07, 6.45) is 0. The molecule has 0 aliphatic carbocycles. The number of rotatable bonds is 2. The highest BCUT2D eigenvalue weighted by atomic mass is 35.5. The molecule has 0 aliphatic rings. The average molecular weight is 339 g/mol. The van der Waals surface area contributed by atoms with Crippen LogP contribution >= 0.6 is 22.9 Å². The number of anilines is 1. The minimum absolute atomic E-state index is 0.169. The molecule has 112 valence electrons. The van der Waals surface area contributed by atoms with Gasteiger partial charge in [0.25, 0.3) is 5.91 Å². The fourth-order valence-electron chi connectivity index (χ4n) is 2.56. The fourth-order valence-corrected chi connectivity index (χ4v) is 3.72. The normalized spacial score (nSPS) is 11.0. The summed E-state index contributed by atoms with van der Waals surface area (Å²) in [4.78, 5) is 17.0. The minimum Gasteiger partial charge on any atom is -0.298 e. The Labute approximate surface area is 141 Å². The van der Waals surface area contributed by atoms with Crippen molar-refractivity contribution in [2.45, 2.75) is 0 Å². The summed E-state index contributed by atoms with van der Waals surface area (Å²) in [5.41, 5.74) is 1.35. The van der Waals surface area contributed by atoms with Crippen molar-refractivity contribution in [2.24, 2.45) is 0 Å². The molecule has 3 nitrogen and oxygen atoms in total. The maximum absolute atomic E-state index is 12.6. The number of benzene rings is 3. The molecule has 4 rings (SSSR count). The Balaban J connectivity index is 1.72. The Morgan fingerprint density at radius 1 is 1.00 bits per heavy atom. The maximum atomic E-state index is 12.6. The largest absolute Gasteiger partial charge is 0.298 e. The van der Waals surface area contributed by atoms with E-state index in [0.717, 1.165) is 15.5 Å². The number of nitrogens with zero attached hydrogens (tertiary/aromatic N) is 1. The summed E-state index contributed by atoms with van der Waals surface area (Å²) in [6.45, 7) is 0. The first-order valence-electron chi connectivity index (χ1n) is 7.06. The predicted octanol–water partition coefficient (Wildman–Crippen LogP) is 5.36. The zero-order chi connectivity index (χ0) is 15.8. The van der Waals surface area contributed by atoms with Crippen LogP contribution < -0.4 is 5.32 Å². The molecule has 4 aromatic rings. The number of para-hydroxylation sites is 1. The molecule has 3 aromatic carbocycles. The smallest absolute Gasteiger partial charge is 0.258 e. The van der Waals surface area contributed by atoms with Crippen LogP contribution in [0.3, 0.4) is 0 Å². The highest BCUT2D eigenvalue weighted by Crippen LogP contribution is 2.31. The van der Waals surface area contributed by atoms with Crippen molar-refractivity contribution >= 4 is 55.0 Å². The maximum Gasteiger partial charge on any atom is 0.258 e. The highest BCUT2D eigenvalue weighted by Gasteiger charge is 2.13. The molecular formula is C18H11ClN2OS. The lowest BCUT2D eigenvalue weighted by molar-refractivity contribution is 0.102. The summed E-state index contributed by atoms with van der Waals surface area (Å²) in [7, 11) is 0.